The fourth-order valence-electron chi connectivity index (χ4n) is 6.94. The first-order valence-corrected chi connectivity index (χ1v) is 15.2. The predicted molar refractivity (Wildman–Crippen MR) is 161 cm³/mol. The van der Waals surface area contributed by atoms with Crippen LogP contribution in [0.3, 0.4) is 0 Å². The first-order chi connectivity index (χ1) is 21.6. The molecule has 2 aromatic rings. The van der Waals surface area contributed by atoms with Gasteiger partial charge in [0.25, 0.3) is 0 Å². The highest BCUT2D eigenvalue weighted by molar-refractivity contribution is 5.82. The second kappa shape index (κ2) is 12.7. The standard InChI is InChI=1S/C34H39NO10/c1-35-12-10-34(11-13-35)22-14-18(4-8-24-28(38)32(42)30(40)26(16-36)44-24)2-6-20(22)21-7-3-19(15-23(21)34)5-9-25-29(39)33(43)31(41)27(17-37)45-25/h2-3,6-7,14-15,24-33,36-43H,10-13,16-17H2,1H3/t24-,25-,26-,27-,28-,29+,30-,31-,32-,33-/m1/s1. The van der Waals surface area contributed by atoms with Crippen molar-refractivity contribution in [2.24, 2.45) is 0 Å². The Labute approximate surface area is 261 Å². The molecule has 0 aromatic heterocycles. The summed E-state index contributed by atoms with van der Waals surface area (Å²) in [5, 5.41) is 80.3. The summed E-state index contributed by atoms with van der Waals surface area (Å²) >= 11 is 0. The van der Waals surface area contributed by atoms with Gasteiger partial charge in [-0.2, -0.15) is 0 Å². The van der Waals surface area contributed by atoms with E-state index in [1.807, 2.05) is 24.3 Å². The second-order valence-electron chi connectivity index (χ2n) is 12.4. The van der Waals surface area contributed by atoms with Crippen molar-refractivity contribution in [3.05, 3.63) is 58.7 Å². The van der Waals surface area contributed by atoms with Gasteiger partial charge in [0.2, 0.25) is 0 Å². The van der Waals surface area contributed by atoms with Gasteiger partial charge >= 0.3 is 0 Å². The minimum Gasteiger partial charge on any atom is -0.394 e. The minimum atomic E-state index is -1.50. The zero-order valence-electron chi connectivity index (χ0n) is 24.8. The molecule has 3 saturated heterocycles. The Morgan fingerprint density at radius 3 is 1.49 bits per heavy atom. The van der Waals surface area contributed by atoms with E-state index in [1.165, 1.54) is 0 Å². The van der Waals surface area contributed by atoms with Crippen molar-refractivity contribution in [1.29, 1.82) is 0 Å². The van der Waals surface area contributed by atoms with Gasteiger partial charge in [0.05, 0.1) is 13.2 Å². The number of hydrogen-bond donors (Lipinski definition) is 8. The summed E-state index contributed by atoms with van der Waals surface area (Å²) in [5.41, 5.74) is 5.51. The van der Waals surface area contributed by atoms with Crippen molar-refractivity contribution in [3.8, 4) is 34.8 Å². The van der Waals surface area contributed by atoms with E-state index in [9.17, 15) is 40.9 Å². The second-order valence-corrected chi connectivity index (χ2v) is 12.4. The Bertz CT molecular complexity index is 1420. The smallest absolute Gasteiger partial charge is 0.147 e. The molecule has 8 N–H and O–H groups in total. The lowest BCUT2D eigenvalue weighted by Gasteiger charge is -2.39. The number of likely N-dealkylation sites (tertiary alicyclic amines) is 1. The van der Waals surface area contributed by atoms with E-state index >= 15 is 0 Å². The molecule has 10 atom stereocenters. The molecular formula is C34H39NO10. The molecule has 11 nitrogen and oxygen atoms in total. The van der Waals surface area contributed by atoms with Crippen LogP contribution < -0.4 is 0 Å². The monoisotopic (exact) mass is 621 g/mol. The number of benzene rings is 2. The van der Waals surface area contributed by atoms with Gasteiger partial charge in [-0.1, -0.05) is 35.8 Å². The number of ether oxygens (including phenoxy) is 2. The van der Waals surface area contributed by atoms with Crippen molar-refractivity contribution in [2.75, 3.05) is 33.4 Å². The van der Waals surface area contributed by atoms with Crippen LogP contribution in [0.15, 0.2) is 36.4 Å². The van der Waals surface area contributed by atoms with Crippen LogP contribution in [0.25, 0.3) is 11.1 Å². The van der Waals surface area contributed by atoms with Crippen molar-refractivity contribution in [2.45, 2.75) is 79.3 Å². The van der Waals surface area contributed by atoms with Crippen molar-refractivity contribution < 1.29 is 50.3 Å². The highest BCUT2D eigenvalue weighted by atomic mass is 16.5. The van der Waals surface area contributed by atoms with E-state index < -0.39 is 74.3 Å². The third kappa shape index (κ3) is 5.69. The van der Waals surface area contributed by atoms with Gasteiger partial charge in [0.15, 0.2) is 0 Å². The lowest BCUT2D eigenvalue weighted by Crippen LogP contribution is -2.58. The number of piperidine rings is 1. The van der Waals surface area contributed by atoms with Gasteiger partial charge in [-0.15, -0.1) is 0 Å². The van der Waals surface area contributed by atoms with Crippen LogP contribution in [0.2, 0.25) is 0 Å². The maximum absolute atomic E-state index is 10.4. The van der Waals surface area contributed by atoms with Gasteiger partial charge in [0.1, 0.15) is 61.0 Å². The first kappa shape index (κ1) is 32.1. The molecule has 0 radical (unpaired) electrons. The molecule has 3 heterocycles. The van der Waals surface area contributed by atoms with Crippen LogP contribution in [0.1, 0.15) is 35.1 Å². The Morgan fingerprint density at radius 1 is 0.667 bits per heavy atom. The molecule has 0 bridgehead atoms. The van der Waals surface area contributed by atoms with E-state index in [-0.39, 0.29) is 5.41 Å². The Kier molecular flexibility index (Phi) is 9.07. The van der Waals surface area contributed by atoms with Crippen LogP contribution >= 0.6 is 0 Å². The molecule has 6 rings (SSSR count). The maximum Gasteiger partial charge on any atom is 0.147 e. The third-order valence-electron chi connectivity index (χ3n) is 9.70. The summed E-state index contributed by atoms with van der Waals surface area (Å²) in [6.07, 6.45) is -11.3. The van der Waals surface area contributed by atoms with E-state index in [2.05, 4.69) is 47.8 Å². The Hall–Kier alpha value is -2.88. The zero-order valence-corrected chi connectivity index (χ0v) is 24.8. The molecule has 3 aliphatic heterocycles. The summed E-state index contributed by atoms with van der Waals surface area (Å²) in [6.45, 7) is 0.707. The number of rotatable bonds is 2. The van der Waals surface area contributed by atoms with Crippen molar-refractivity contribution in [1.82, 2.24) is 4.90 Å². The van der Waals surface area contributed by atoms with Gasteiger partial charge in [-0.25, -0.2) is 0 Å². The topological polar surface area (TPSA) is 184 Å². The number of aliphatic hydroxyl groups is 8. The zero-order chi connectivity index (χ0) is 32.0. The number of nitrogens with zero attached hydrogens (tertiary/aromatic N) is 1. The quantitative estimate of drug-likeness (QED) is 0.175. The highest BCUT2D eigenvalue weighted by Crippen LogP contribution is 2.54. The fourth-order valence-corrected chi connectivity index (χ4v) is 6.94. The average molecular weight is 622 g/mol. The number of hydrogen-bond acceptors (Lipinski definition) is 11. The van der Waals surface area contributed by atoms with Gasteiger partial charge in [-0.05, 0) is 79.5 Å². The van der Waals surface area contributed by atoms with E-state index in [0.717, 1.165) is 48.2 Å². The molecule has 240 valence electrons. The summed E-state index contributed by atoms with van der Waals surface area (Å²) in [4.78, 5) is 2.29. The van der Waals surface area contributed by atoms with Crippen LogP contribution in [0.5, 0.6) is 0 Å². The van der Waals surface area contributed by atoms with Gasteiger partial charge < -0.3 is 55.2 Å². The summed E-state index contributed by atoms with van der Waals surface area (Å²) in [7, 11) is 2.09. The molecule has 0 unspecified atom stereocenters. The van der Waals surface area contributed by atoms with E-state index in [4.69, 9.17) is 9.47 Å². The van der Waals surface area contributed by atoms with E-state index in [1.54, 1.807) is 0 Å². The first-order valence-electron chi connectivity index (χ1n) is 15.2. The molecule has 45 heavy (non-hydrogen) atoms. The highest BCUT2D eigenvalue weighted by Gasteiger charge is 2.46. The lowest BCUT2D eigenvalue weighted by atomic mass is 9.70. The summed E-state index contributed by atoms with van der Waals surface area (Å²) in [5.74, 6) is 11.9. The Morgan fingerprint density at radius 2 is 1.09 bits per heavy atom. The minimum absolute atomic E-state index is 0.307. The third-order valence-corrected chi connectivity index (χ3v) is 9.70. The number of aliphatic hydroxyl groups excluding tert-OH is 8. The van der Waals surface area contributed by atoms with Crippen LogP contribution in [-0.2, 0) is 14.9 Å². The Balaban J connectivity index is 1.32. The normalized spacial score (nSPS) is 35.5. The molecule has 1 spiro atoms. The predicted octanol–water partition coefficient (Wildman–Crippen LogP) is -1.93. The SMILES string of the molecule is CN1CCC2(CC1)c1cc(C#C[C@H]3O[C@H](CO)[C@@H](O)[C@H](O)[C@H]3O)ccc1-c1ccc(C#C[C@H]3O[C@H](CO)[C@@H](O)[C@H](O)[C@@H]3O)cc12. The van der Waals surface area contributed by atoms with Crippen molar-refractivity contribution >= 4 is 0 Å². The lowest BCUT2D eigenvalue weighted by molar-refractivity contribution is -0.214. The van der Waals surface area contributed by atoms with Crippen LogP contribution in [-0.4, -0.2) is 140 Å². The van der Waals surface area contributed by atoms with Gasteiger partial charge in [0, 0.05) is 16.5 Å². The molecule has 1 aliphatic carbocycles. The largest absolute Gasteiger partial charge is 0.394 e. The van der Waals surface area contributed by atoms with Crippen LogP contribution in [0.4, 0.5) is 0 Å². The fraction of sp³-hybridized carbons (Fsp3) is 0.529. The molecule has 4 aliphatic rings. The molecule has 0 amide bonds. The molecule has 11 heteroatoms. The number of fused-ring (bicyclic) bond motifs is 5. The average Bonchev–Trinajstić information content (AvgIpc) is 3.31. The van der Waals surface area contributed by atoms with Crippen LogP contribution in [0, 0.1) is 23.7 Å². The molecule has 2 aromatic carbocycles. The van der Waals surface area contributed by atoms with Crippen molar-refractivity contribution in [3.63, 3.8) is 0 Å². The molecular weight excluding hydrogens is 582 g/mol. The molecule has 3 fully saturated rings. The summed E-state index contributed by atoms with van der Waals surface area (Å²) in [6, 6.07) is 11.9. The molecule has 0 saturated carbocycles. The van der Waals surface area contributed by atoms with Gasteiger partial charge in [-0.3, -0.25) is 0 Å². The van der Waals surface area contributed by atoms with E-state index in [0.29, 0.717) is 11.1 Å². The summed E-state index contributed by atoms with van der Waals surface area (Å²) < 4.78 is 11.1. The maximum atomic E-state index is 10.4.